The van der Waals surface area contributed by atoms with Gasteiger partial charge in [-0.2, -0.15) is 10.2 Å². The Kier molecular flexibility index (Phi) is 3.59. The van der Waals surface area contributed by atoms with Crippen molar-refractivity contribution in [2.24, 2.45) is 17.8 Å². The van der Waals surface area contributed by atoms with Gasteiger partial charge in [-0.3, -0.25) is 4.79 Å². The van der Waals surface area contributed by atoms with Crippen molar-refractivity contribution in [3.63, 3.8) is 0 Å². The van der Waals surface area contributed by atoms with Crippen LogP contribution in [0.2, 0.25) is 0 Å². The second-order valence-corrected chi connectivity index (χ2v) is 10.1. The van der Waals surface area contributed by atoms with E-state index >= 15 is 0 Å². The van der Waals surface area contributed by atoms with Crippen LogP contribution in [-0.4, -0.2) is 31.0 Å². The van der Waals surface area contributed by atoms with E-state index in [1.807, 2.05) is 16.9 Å². The van der Waals surface area contributed by atoms with Gasteiger partial charge in [0.05, 0.1) is 11.7 Å². The first-order valence-electron chi connectivity index (χ1n) is 10.2. The summed E-state index contributed by atoms with van der Waals surface area (Å²) < 4.78 is 3.65. The molecule has 1 N–H and O–H groups in total. The lowest BCUT2D eigenvalue weighted by molar-refractivity contribution is -0.0167. The van der Waals surface area contributed by atoms with Crippen molar-refractivity contribution >= 4 is 5.91 Å². The maximum atomic E-state index is 13.4. The van der Waals surface area contributed by atoms with Gasteiger partial charge in [0.2, 0.25) is 0 Å². The molecule has 4 aliphatic carbocycles. The van der Waals surface area contributed by atoms with Crippen LogP contribution in [-0.2, 0) is 5.54 Å². The van der Waals surface area contributed by atoms with Gasteiger partial charge in [0.1, 0.15) is 5.56 Å². The number of nitrogens with zero attached hydrogens (tertiary/aromatic N) is 4. The average molecular weight is 367 g/mol. The zero-order valence-corrected chi connectivity index (χ0v) is 16.5. The summed E-state index contributed by atoms with van der Waals surface area (Å²) >= 11 is 0. The van der Waals surface area contributed by atoms with Crippen LogP contribution >= 0.6 is 0 Å². The van der Waals surface area contributed by atoms with Crippen molar-refractivity contribution in [1.82, 2.24) is 24.9 Å². The van der Waals surface area contributed by atoms with Crippen molar-refractivity contribution in [3.05, 3.63) is 30.2 Å². The van der Waals surface area contributed by atoms with E-state index in [1.165, 1.54) is 19.3 Å². The molecule has 0 spiro atoms. The molecule has 4 fully saturated rings. The topological polar surface area (TPSA) is 64.7 Å². The average Bonchev–Trinajstić information content (AvgIpc) is 3.22. The lowest BCUT2D eigenvalue weighted by atomic mass is 9.53. The number of rotatable bonds is 3. The lowest BCUT2D eigenvalue weighted by Gasteiger charge is -2.56. The highest BCUT2D eigenvalue weighted by molar-refractivity contribution is 5.97. The summed E-state index contributed by atoms with van der Waals surface area (Å²) in [5, 5.41) is 12.4. The largest absolute Gasteiger partial charge is 0.346 e. The minimum atomic E-state index is -0.236. The zero-order chi connectivity index (χ0) is 18.8. The van der Waals surface area contributed by atoms with E-state index in [0.29, 0.717) is 5.56 Å². The molecule has 0 atom stereocenters. The summed E-state index contributed by atoms with van der Waals surface area (Å²) in [6.45, 7) is 6.27. The molecule has 27 heavy (non-hydrogen) atoms. The number of aromatic nitrogens is 4. The van der Waals surface area contributed by atoms with Gasteiger partial charge in [0.15, 0.2) is 5.82 Å². The molecule has 0 aromatic carbocycles. The molecule has 4 saturated carbocycles. The van der Waals surface area contributed by atoms with Gasteiger partial charge in [0.25, 0.3) is 5.91 Å². The van der Waals surface area contributed by atoms with Crippen LogP contribution < -0.4 is 5.32 Å². The number of hydrogen-bond donors (Lipinski definition) is 1. The molecule has 6 heteroatoms. The van der Waals surface area contributed by atoms with E-state index in [-0.39, 0.29) is 17.0 Å². The molecule has 0 saturated heterocycles. The maximum Gasteiger partial charge on any atom is 0.257 e. The first-order valence-corrected chi connectivity index (χ1v) is 10.2. The first kappa shape index (κ1) is 17.0. The number of nitrogens with one attached hydrogen (secondary N) is 1. The van der Waals surface area contributed by atoms with E-state index < -0.39 is 0 Å². The van der Waals surface area contributed by atoms with Gasteiger partial charge in [0, 0.05) is 17.9 Å². The Hall–Kier alpha value is -2.11. The molecule has 144 valence electrons. The SMILES string of the molecule is CC(C)(C)n1ncc(C(=O)NC23CC4CC(CC(C4)C2)C3)c1-n1cccn1. The Morgan fingerprint density at radius 3 is 2.26 bits per heavy atom. The Balaban J connectivity index is 1.48. The number of carbonyl (C=O) groups is 1. The predicted octanol–water partition coefficient (Wildman–Crippen LogP) is 3.52. The van der Waals surface area contributed by atoms with E-state index in [9.17, 15) is 4.79 Å². The highest BCUT2D eigenvalue weighted by atomic mass is 16.2. The molecule has 6 nitrogen and oxygen atoms in total. The molecular formula is C21H29N5O. The fourth-order valence-corrected chi connectivity index (χ4v) is 6.18. The molecule has 4 bridgehead atoms. The summed E-state index contributed by atoms with van der Waals surface area (Å²) in [5.41, 5.74) is 0.377. The Bertz CT molecular complexity index is 822. The van der Waals surface area contributed by atoms with E-state index in [2.05, 4.69) is 36.3 Å². The summed E-state index contributed by atoms with van der Waals surface area (Å²) in [6, 6.07) is 1.88. The number of amides is 1. The summed E-state index contributed by atoms with van der Waals surface area (Å²) in [4.78, 5) is 13.4. The van der Waals surface area contributed by atoms with Crippen molar-refractivity contribution in [2.45, 2.75) is 70.4 Å². The first-order chi connectivity index (χ1) is 12.8. The standard InChI is InChI=1S/C21H29N5O/c1-20(2,3)26-19(25-6-4-5-22-25)17(13-23-26)18(27)24-21-10-14-7-15(11-21)9-16(8-14)12-21/h4-6,13-16H,7-12H2,1-3H3,(H,24,27). The molecule has 0 radical (unpaired) electrons. The molecule has 2 heterocycles. The Morgan fingerprint density at radius 2 is 1.74 bits per heavy atom. The van der Waals surface area contributed by atoms with Gasteiger partial charge >= 0.3 is 0 Å². The van der Waals surface area contributed by atoms with Gasteiger partial charge in [-0.05, 0) is 83.1 Å². The number of hydrogen-bond acceptors (Lipinski definition) is 3. The van der Waals surface area contributed by atoms with Crippen LogP contribution in [0, 0.1) is 17.8 Å². The summed E-state index contributed by atoms with van der Waals surface area (Å²) in [6.07, 6.45) is 12.9. The molecule has 1 amide bonds. The van der Waals surface area contributed by atoms with E-state index in [0.717, 1.165) is 42.8 Å². The van der Waals surface area contributed by atoms with Gasteiger partial charge in [-0.1, -0.05) is 0 Å². The van der Waals surface area contributed by atoms with Crippen LogP contribution in [0.15, 0.2) is 24.7 Å². The minimum Gasteiger partial charge on any atom is -0.346 e. The molecule has 4 aliphatic rings. The quantitative estimate of drug-likeness (QED) is 0.903. The minimum absolute atomic E-state index is 0.00190. The second-order valence-electron chi connectivity index (χ2n) is 10.1. The maximum absolute atomic E-state index is 13.4. The van der Waals surface area contributed by atoms with Crippen LogP contribution in [0.5, 0.6) is 0 Å². The fourth-order valence-electron chi connectivity index (χ4n) is 6.18. The smallest absolute Gasteiger partial charge is 0.257 e. The Labute approximate surface area is 160 Å². The second kappa shape index (κ2) is 5.69. The highest BCUT2D eigenvalue weighted by Gasteiger charge is 2.51. The van der Waals surface area contributed by atoms with Crippen LogP contribution in [0.3, 0.4) is 0 Å². The highest BCUT2D eigenvalue weighted by Crippen LogP contribution is 2.55. The predicted molar refractivity (Wildman–Crippen MR) is 103 cm³/mol. The molecular weight excluding hydrogens is 338 g/mol. The third-order valence-corrected chi connectivity index (χ3v) is 6.76. The van der Waals surface area contributed by atoms with Crippen molar-refractivity contribution in [3.8, 4) is 5.82 Å². The molecule has 2 aromatic rings. The molecule has 2 aromatic heterocycles. The monoisotopic (exact) mass is 367 g/mol. The van der Waals surface area contributed by atoms with E-state index in [1.54, 1.807) is 17.1 Å². The third kappa shape index (κ3) is 2.80. The molecule has 0 unspecified atom stereocenters. The van der Waals surface area contributed by atoms with Crippen molar-refractivity contribution in [1.29, 1.82) is 0 Å². The van der Waals surface area contributed by atoms with Crippen molar-refractivity contribution in [2.75, 3.05) is 0 Å². The summed E-state index contributed by atoms with van der Waals surface area (Å²) in [5.74, 6) is 3.16. The lowest BCUT2D eigenvalue weighted by Crippen LogP contribution is -2.59. The molecule has 6 rings (SSSR count). The zero-order valence-electron chi connectivity index (χ0n) is 16.5. The summed E-state index contributed by atoms with van der Waals surface area (Å²) in [7, 11) is 0. The third-order valence-electron chi connectivity index (χ3n) is 6.76. The normalized spacial score (nSPS) is 32.0. The van der Waals surface area contributed by atoms with Crippen LogP contribution in [0.4, 0.5) is 0 Å². The Morgan fingerprint density at radius 1 is 1.11 bits per heavy atom. The van der Waals surface area contributed by atoms with Crippen LogP contribution in [0.25, 0.3) is 5.82 Å². The number of carbonyl (C=O) groups excluding carboxylic acids is 1. The molecule has 0 aliphatic heterocycles. The van der Waals surface area contributed by atoms with E-state index in [4.69, 9.17) is 0 Å². The fraction of sp³-hybridized carbons (Fsp3) is 0.667. The van der Waals surface area contributed by atoms with Gasteiger partial charge < -0.3 is 5.32 Å². The van der Waals surface area contributed by atoms with Gasteiger partial charge in [-0.25, -0.2) is 9.36 Å². The van der Waals surface area contributed by atoms with Crippen LogP contribution in [0.1, 0.15) is 69.7 Å². The van der Waals surface area contributed by atoms with Gasteiger partial charge in [-0.15, -0.1) is 0 Å². The van der Waals surface area contributed by atoms with Crippen molar-refractivity contribution < 1.29 is 4.79 Å².